The fourth-order valence-corrected chi connectivity index (χ4v) is 7.89. The monoisotopic (exact) mass is 850 g/mol. The van der Waals surface area contributed by atoms with Crippen molar-refractivity contribution in [2.45, 2.75) is 269 Å². The predicted molar refractivity (Wildman–Crippen MR) is 249 cm³/mol. The fraction of sp³-hybridized carbons (Fsp3) is 0.863. The summed E-state index contributed by atoms with van der Waals surface area (Å²) in [5, 5.41) is 54.3. The van der Waals surface area contributed by atoms with E-state index in [2.05, 4.69) is 43.5 Å². The Kier molecular flexibility index (Phi) is 39.0. The van der Waals surface area contributed by atoms with Crippen LogP contribution in [-0.4, -0.2) is 87.5 Å². The van der Waals surface area contributed by atoms with Gasteiger partial charge in [-0.25, -0.2) is 0 Å². The van der Waals surface area contributed by atoms with E-state index < -0.39 is 49.5 Å². The van der Waals surface area contributed by atoms with Crippen LogP contribution in [0.25, 0.3) is 0 Å². The summed E-state index contributed by atoms with van der Waals surface area (Å²) in [5.74, 6) is -0.188. The van der Waals surface area contributed by atoms with E-state index in [1.54, 1.807) is 6.08 Å². The van der Waals surface area contributed by atoms with Crippen LogP contribution in [0.15, 0.2) is 36.5 Å². The number of carbonyl (C=O) groups is 1. The zero-order chi connectivity index (χ0) is 43.7. The number of hydrogen-bond acceptors (Lipinski definition) is 8. The van der Waals surface area contributed by atoms with Crippen molar-refractivity contribution in [1.29, 1.82) is 0 Å². The molecule has 9 nitrogen and oxygen atoms in total. The summed E-state index contributed by atoms with van der Waals surface area (Å²) in [7, 11) is 0. The summed E-state index contributed by atoms with van der Waals surface area (Å²) in [6, 6.07) is -0.824. The molecule has 1 fully saturated rings. The maximum atomic E-state index is 13.0. The second-order valence-corrected chi connectivity index (χ2v) is 17.6. The van der Waals surface area contributed by atoms with Gasteiger partial charge < -0.3 is 40.3 Å². The smallest absolute Gasteiger partial charge is 0.220 e. The van der Waals surface area contributed by atoms with Gasteiger partial charge in [-0.15, -0.1) is 0 Å². The van der Waals surface area contributed by atoms with Gasteiger partial charge in [0.25, 0.3) is 0 Å². The highest BCUT2D eigenvalue weighted by molar-refractivity contribution is 5.76. The Morgan fingerprint density at radius 1 is 0.550 bits per heavy atom. The number of unbranched alkanes of at least 4 members (excludes halogenated alkanes) is 28. The van der Waals surface area contributed by atoms with Gasteiger partial charge in [0, 0.05) is 6.42 Å². The number of carbonyl (C=O) groups excluding carboxylic acids is 1. The Balaban J connectivity index is 2.33. The van der Waals surface area contributed by atoms with Crippen LogP contribution >= 0.6 is 0 Å². The molecule has 9 heteroatoms. The van der Waals surface area contributed by atoms with Gasteiger partial charge in [-0.2, -0.15) is 0 Å². The number of hydrogen-bond donors (Lipinski definition) is 6. The maximum absolute atomic E-state index is 13.0. The standard InChI is InChI=1S/C51H95NO8/c1-3-5-7-9-11-13-15-17-19-21-22-23-25-27-29-31-33-35-37-39-41-47(55)52-44(43-59-51-50(58)49(57)48(56)46(42-53)60-51)45(54)40-38-36-34-32-30-28-26-24-20-18-16-14-12-10-8-6-4-2/h20,24,30,32,38,40,44-46,48-51,53-54,56-58H,3-19,21-23,25-29,31,33-37,39,41-43H2,1-2H3,(H,52,55)/b24-20+,32-30+,40-38+. The van der Waals surface area contributed by atoms with Crippen molar-refractivity contribution in [3.63, 3.8) is 0 Å². The van der Waals surface area contributed by atoms with Gasteiger partial charge in [-0.05, 0) is 44.9 Å². The highest BCUT2D eigenvalue weighted by Crippen LogP contribution is 2.23. The van der Waals surface area contributed by atoms with Gasteiger partial charge in [-0.1, -0.05) is 211 Å². The highest BCUT2D eigenvalue weighted by Gasteiger charge is 2.44. The topological polar surface area (TPSA) is 149 Å². The van der Waals surface area contributed by atoms with Crippen molar-refractivity contribution in [2.75, 3.05) is 13.2 Å². The molecule has 0 saturated carbocycles. The van der Waals surface area contributed by atoms with E-state index >= 15 is 0 Å². The molecular formula is C51H95NO8. The lowest BCUT2D eigenvalue weighted by Crippen LogP contribution is -2.60. The summed E-state index contributed by atoms with van der Waals surface area (Å²) in [5.41, 5.74) is 0. The van der Waals surface area contributed by atoms with Crippen LogP contribution in [0.1, 0.15) is 226 Å². The molecule has 0 spiro atoms. The zero-order valence-corrected chi connectivity index (χ0v) is 38.7. The summed E-state index contributed by atoms with van der Waals surface area (Å²) < 4.78 is 11.2. The van der Waals surface area contributed by atoms with Crippen LogP contribution < -0.4 is 5.32 Å². The Labute approximate surface area is 368 Å². The third-order valence-electron chi connectivity index (χ3n) is 11.9. The molecule has 352 valence electrons. The summed E-state index contributed by atoms with van der Waals surface area (Å²) >= 11 is 0. The van der Waals surface area contributed by atoms with Gasteiger partial charge in [0.2, 0.25) is 5.91 Å². The Morgan fingerprint density at radius 3 is 1.40 bits per heavy atom. The molecule has 1 aliphatic rings. The molecule has 0 aromatic heterocycles. The third kappa shape index (κ3) is 31.3. The molecule has 7 unspecified atom stereocenters. The maximum Gasteiger partial charge on any atom is 0.220 e. The van der Waals surface area contributed by atoms with Crippen LogP contribution in [0.4, 0.5) is 0 Å². The first-order valence-electron chi connectivity index (χ1n) is 25.2. The number of aliphatic hydroxyl groups excluding tert-OH is 5. The van der Waals surface area contributed by atoms with Gasteiger partial charge in [0.05, 0.1) is 25.4 Å². The van der Waals surface area contributed by atoms with Crippen LogP contribution in [0.5, 0.6) is 0 Å². The summed E-state index contributed by atoms with van der Waals surface area (Å²) in [6.07, 6.45) is 44.8. The minimum absolute atomic E-state index is 0.188. The number of allylic oxidation sites excluding steroid dienone is 5. The fourth-order valence-electron chi connectivity index (χ4n) is 7.89. The Bertz CT molecular complexity index is 1030. The first-order valence-corrected chi connectivity index (χ1v) is 25.2. The van der Waals surface area contributed by atoms with Crippen LogP contribution in [0.3, 0.4) is 0 Å². The number of nitrogens with one attached hydrogen (secondary N) is 1. The van der Waals surface area contributed by atoms with Crippen LogP contribution in [-0.2, 0) is 14.3 Å². The SMILES string of the molecule is CCCCCCCCC/C=C/CC/C=C/CC/C=C/C(O)C(COC1OC(CO)C(O)C(O)C1O)NC(=O)CCCCCCCCCCCCCCCCCCCCCC. The zero-order valence-electron chi connectivity index (χ0n) is 38.7. The van der Waals surface area contributed by atoms with E-state index in [4.69, 9.17) is 9.47 Å². The van der Waals surface area contributed by atoms with E-state index in [-0.39, 0.29) is 12.5 Å². The van der Waals surface area contributed by atoms with Gasteiger partial charge >= 0.3 is 0 Å². The quantitative estimate of drug-likeness (QED) is 0.0263. The van der Waals surface area contributed by atoms with E-state index in [1.807, 2.05) is 6.08 Å². The molecule has 0 aromatic carbocycles. The van der Waals surface area contributed by atoms with Crippen molar-refractivity contribution in [2.24, 2.45) is 0 Å². The van der Waals surface area contributed by atoms with Crippen LogP contribution in [0, 0.1) is 0 Å². The van der Waals surface area contributed by atoms with Crippen molar-refractivity contribution in [3.8, 4) is 0 Å². The molecule has 0 bridgehead atoms. The molecule has 1 aliphatic heterocycles. The average molecular weight is 850 g/mol. The minimum Gasteiger partial charge on any atom is -0.394 e. The van der Waals surface area contributed by atoms with E-state index in [0.717, 1.165) is 44.9 Å². The second-order valence-electron chi connectivity index (χ2n) is 17.6. The molecule has 1 saturated heterocycles. The average Bonchev–Trinajstić information content (AvgIpc) is 3.25. The summed E-state index contributed by atoms with van der Waals surface area (Å²) in [6.45, 7) is 3.76. The Morgan fingerprint density at radius 2 is 0.950 bits per heavy atom. The summed E-state index contributed by atoms with van der Waals surface area (Å²) in [4.78, 5) is 13.0. The van der Waals surface area contributed by atoms with Gasteiger partial charge in [-0.3, -0.25) is 4.79 Å². The minimum atomic E-state index is -1.57. The van der Waals surface area contributed by atoms with E-state index in [0.29, 0.717) is 6.42 Å². The first-order chi connectivity index (χ1) is 29.3. The highest BCUT2D eigenvalue weighted by atomic mass is 16.7. The van der Waals surface area contributed by atoms with Crippen molar-refractivity contribution < 1.29 is 39.8 Å². The number of rotatable bonds is 42. The van der Waals surface area contributed by atoms with Crippen molar-refractivity contribution >= 4 is 5.91 Å². The number of aliphatic hydroxyl groups is 5. The van der Waals surface area contributed by atoms with E-state index in [1.165, 1.54) is 161 Å². The predicted octanol–water partition coefficient (Wildman–Crippen LogP) is 11.2. The number of ether oxygens (including phenoxy) is 2. The molecule has 1 rings (SSSR count). The van der Waals surface area contributed by atoms with Crippen molar-refractivity contribution in [1.82, 2.24) is 5.32 Å². The Hall–Kier alpha value is -1.59. The van der Waals surface area contributed by atoms with Gasteiger partial charge in [0.1, 0.15) is 24.4 Å². The lowest BCUT2D eigenvalue weighted by molar-refractivity contribution is -0.302. The number of amides is 1. The molecule has 6 N–H and O–H groups in total. The molecule has 0 radical (unpaired) electrons. The molecular weight excluding hydrogens is 755 g/mol. The third-order valence-corrected chi connectivity index (χ3v) is 11.9. The lowest BCUT2D eigenvalue weighted by Gasteiger charge is -2.40. The molecule has 1 amide bonds. The second kappa shape index (κ2) is 41.4. The van der Waals surface area contributed by atoms with Gasteiger partial charge in [0.15, 0.2) is 6.29 Å². The lowest BCUT2D eigenvalue weighted by atomic mass is 9.99. The largest absolute Gasteiger partial charge is 0.394 e. The molecule has 0 aromatic rings. The normalized spacial score (nSPS) is 20.8. The molecule has 1 heterocycles. The first kappa shape index (κ1) is 56.4. The molecule has 7 atom stereocenters. The molecule has 0 aliphatic carbocycles. The van der Waals surface area contributed by atoms with Crippen LogP contribution in [0.2, 0.25) is 0 Å². The van der Waals surface area contributed by atoms with E-state index in [9.17, 15) is 30.3 Å². The molecule has 60 heavy (non-hydrogen) atoms. The van der Waals surface area contributed by atoms with Crippen molar-refractivity contribution in [3.05, 3.63) is 36.5 Å².